The zero-order valence-electron chi connectivity index (χ0n) is 30.9. The average molecular weight is 807 g/mol. The first-order valence-electron chi connectivity index (χ1n) is 17.2. The van der Waals surface area contributed by atoms with E-state index in [1.165, 1.54) is 0 Å². The lowest BCUT2D eigenvalue weighted by atomic mass is 9.77. The Balaban J connectivity index is 1.56. The summed E-state index contributed by atoms with van der Waals surface area (Å²) in [4.78, 5) is 57.6. The molecule has 1 fully saturated rings. The van der Waals surface area contributed by atoms with Crippen LogP contribution in [0, 0.1) is 0 Å². The molecule has 3 aromatic rings. The predicted octanol–water partition coefficient (Wildman–Crippen LogP) is 5.34. The van der Waals surface area contributed by atoms with Gasteiger partial charge in [-0.05, 0) is 42.1 Å². The minimum Gasteiger partial charge on any atom is -0.464 e. The second-order valence-corrected chi connectivity index (χ2v) is 22.9. The number of amides is 2. The number of rotatable bonds is 15. The van der Waals surface area contributed by atoms with Gasteiger partial charge in [0.1, 0.15) is 11.6 Å². The molecule has 3 aromatic carbocycles. The molecule has 2 amide bonds. The molecule has 0 radical (unpaired) electrons. The zero-order chi connectivity index (χ0) is 40.0. The maximum absolute atomic E-state index is 13.3. The van der Waals surface area contributed by atoms with Crippen LogP contribution < -0.4 is 5.32 Å². The molecule has 2 aliphatic heterocycles. The van der Waals surface area contributed by atoms with Crippen LogP contribution in [0.1, 0.15) is 37.0 Å². The van der Waals surface area contributed by atoms with Crippen LogP contribution in [0.25, 0.3) is 10.4 Å². The SMILES string of the molecule is CC(C)(ON=S1CC(CC(=O)N[C@@H]2C(=O)N(S(=O)(=O)O)[C@H]2N=[N+]=[N-])=NC1=NC(c1ccccc1)(c1ccccc1)c1ccccc1)C(=O)OCC[Si](C)(C)C. The van der Waals surface area contributed by atoms with Gasteiger partial charge in [-0.2, -0.15) is 8.42 Å². The highest BCUT2D eigenvalue weighted by molar-refractivity contribution is 8.03. The standard InChI is InChI=1S/C36H42N8O8S2Si/c1-35(2,33(47)51-21-22-55(3,4)5)52-43-53-24-28(23-29(45)39-30-31(41-42-37)44(32(30)46)54(48,49)50)38-34(53)40-36(25-15-9-6-10-16-25,26-17-11-7-12-18-26)27-19-13-8-14-20-27/h6-20,30-31H,21-24H2,1-5H3,(H,39,45)(H,48,49,50)/t30-,31+,53?/m0/s1. The summed E-state index contributed by atoms with van der Waals surface area (Å²) in [6.45, 7) is 9.88. The van der Waals surface area contributed by atoms with Crippen molar-refractivity contribution in [1.29, 1.82) is 0 Å². The minimum atomic E-state index is -5.04. The number of benzene rings is 3. The van der Waals surface area contributed by atoms with Gasteiger partial charge in [-0.3, -0.25) is 14.1 Å². The summed E-state index contributed by atoms with van der Waals surface area (Å²) in [7, 11) is -7.80. The van der Waals surface area contributed by atoms with Gasteiger partial charge in [0, 0.05) is 29.4 Å². The third-order valence-electron chi connectivity index (χ3n) is 8.66. The van der Waals surface area contributed by atoms with Crippen molar-refractivity contribution in [3.05, 3.63) is 118 Å². The van der Waals surface area contributed by atoms with Crippen LogP contribution in [-0.2, 0) is 50.5 Å². The molecule has 1 saturated heterocycles. The van der Waals surface area contributed by atoms with E-state index in [4.69, 9.17) is 25.1 Å². The minimum absolute atomic E-state index is 0.0166. The Morgan fingerprint density at radius 2 is 1.53 bits per heavy atom. The maximum atomic E-state index is 13.3. The second-order valence-electron chi connectivity index (χ2n) is 14.5. The number of ether oxygens (including phenoxy) is 1. The van der Waals surface area contributed by atoms with Crippen LogP contribution in [0.5, 0.6) is 0 Å². The van der Waals surface area contributed by atoms with E-state index in [9.17, 15) is 27.4 Å². The van der Waals surface area contributed by atoms with E-state index in [1.807, 2.05) is 91.0 Å². The number of nitrogens with zero attached hydrogens (tertiary/aromatic N) is 7. The molecule has 5 rings (SSSR count). The van der Waals surface area contributed by atoms with Crippen LogP contribution in [-0.4, -0.2) is 84.2 Å². The summed E-state index contributed by atoms with van der Waals surface area (Å²) in [5.74, 6) is -2.47. The molecule has 0 bridgehead atoms. The molecular weight excluding hydrogens is 765 g/mol. The van der Waals surface area contributed by atoms with Crippen molar-refractivity contribution in [1.82, 2.24) is 9.62 Å². The highest BCUT2D eigenvalue weighted by Crippen LogP contribution is 2.41. The smallest absolute Gasteiger partial charge is 0.362 e. The molecule has 0 aromatic heterocycles. The van der Waals surface area contributed by atoms with Gasteiger partial charge in [0.2, 0.25) is 5.91 Å². The Hall–Kier alpha value is -5.04. The second kappa shape index (κ2) is 16.8. The molecule has 2 heterocycles. The van der Waals surface area contributed by atoms with Crippen molar-refractivity contribution in [2.75, 3.05) is 12.4 Å². The molecule has 0 saturated carbocycles. The van der Waals surface area contributed by atoms with Crippen molar-refractivity contribution in [2.24, 2.45) is 19.6 Å². The van der Waals surface area contributed by atoms with Gasteiger partial charge in [0.25, 0.3) is 5.91 Å². The van der Waals surface area contributed by atoms with Gasteiger partial charge in [0.15, 0.2) is 16.9 Å². The average Bonchev–Trinajstić information content (AvgIpc) is 3.52. The molecule has 1 unspecified atom stereocenters. The number of hydrogen-bond acceptors (Lipinski definition) is 10. The van der Waals surface area contributed by atoms with Crippen LogP contribution in [0.2, 0.25) is 25.7 Å². The van der Waals surface area contributed by atoms with E-state index >= 15 is 0 Å². The van der Waals surface area contributed by atoms with Gasteiger partial charge < -0.3 is 10.1 Å². The van der Waals surface area contributed by atoms with E-state index in [1.54, 1.807) is 13.8 Å². The fourth-order valence-electron chi connectivity index (χ4n) is 5.76. The normalized spacial score (nSPS) is 19.7. The van der Waals surface area contributed by atoms with Crippen LogP contribution in [0.3, 0.4) is 0 Å². The molecule has 0 aliphatic carbocycles. The first-order chi connectivity index (χ1) is 26.0. The third-order valence-corrected chi connectivity index (χ3v) is 12.7. The van der Waals surface area contributed by atoms with Crippen molar-refractivity contribution in [2.45, 2.75) is 69.3 Å². The number of aliphatic imine (C=N–C) groups is 2. The number of hydrogen-bond donors (Lipinski definition) is 2. The van der Waals surface area contributed by atoms with Gasteiger partial charge in [-0.15, -0.1) is 4.53 Å². The number of β-lactam (4-membered cyclic amide) rings is 1. The number of amidine groups is 1. The Bertz CT molecular complexity index is 2080. The number of azide groups is 1. The highest BCUT2D eigenvalue weighted by Gasteiger charge is 2.54. The Morgan fingerprint density at radius 3 is 2.00 bits per heavy atom. The molecule has 0 spiro atoms. The lowest BCUT2D eigenvalue weighted by Crippen LogP contribution is -2.71. The monoisotopic (exact) mass is 806 g/mol. The zero-order valence-corrected chi connectivity index (χ0v) is 33.5. The van der Waals surface area contributed by atoms with Crippen LogP contribution >= 0.6 is 0 Å². The third kappa shape index (κ3) is 9.62. The fourth-order valence-corrected chi connectivity index (χ4v) is 8.73. The van der Waals surface area contributed by atoms with Crippen molar-refractivity contribution < 1.29 is 36.9 Å². The van der Waals surface area contributed by atoms with Crippen molar-refractivity contribution in [3.8, 4) is 0 Å². The highest BCUT2D eigenvalue weighted by atomic mass is 32.2. The lowest BCUT2D eigenvalue weighted by molar-refractivity contribution is -0.167. The lowest BCUT2D eigenvalue weighted by Gasteiger charge is -2.41. The van der Waals surface area contributed by atoms with E-state index in [0.717, 1.165) is 22.7 Å². The number of esters is 1. The largest absolute Gasteiger partial charge is 0.464 e. The first-order valence-corrected chi connectivity index (χ1v) is 23.7. The van der Waals surface area contributed by atoms with Gasteiger partial charge in [0.05, 0.1) is 18.8 Å². The summed E-state index contributed by atoms with van der Waals surface area (Å²) in [5, 5.41) is 5.85. The van der Waals surface area contributed by atoms with E-state index in [0.29, 0.717) is 5.71 Å². The van der Waals surface area contributed by atoms with Gasteiger partial charge >= 0.3 is 16.3 Å². The Morgan fingerprint density at radius 1 is 1.00 bits per heavy atom. The van der Waals surface area contributed by atoms with Gasteiger partial charge in [-0.1, -0.05) is 116 Å². The Labute approximate surface area is 322 Å². The van der Waals surface area contributed by atoms with Crippen molar-refractivity contribution in [3.63, 3.8) is 0 Å². The van der Waals surface area contributed by atoms with E-state index in [-0.39, 0.29) is 28.3 Å². The predicted molar refractivity (Wildman–Crippen MR) is 211 cm³/mol. The molecule has 19 heteroatoms. The fraction of sp³-hybridized carbons (Fsp3) is 0.361. The summed E-state index contributed by atoms with van der Waals surface area (Å²) in [6.07, 6.45) is -2.08. The number of nitrogens with one attached hydrogen (secondary N) is 1. The molecule has 2 aliphatic rings. The Kier molecular flexibility index (Phi) is 12.5. The molecule has 290 valence electrons. The topological polar surface area (TPSA) is 225 Å². The first kappa shape index (κ1) is 41.1. The number of carbonyl (C=O) groups is 3. The molecule has 16 nitrogen and oxygen atoms in total. The molecule has 3 atom stereocenters. The summed E-state index contributed by atoms with van der Waals surface area (Å²) < 4.78 is 42.8. The summed E-state index contributed by atoms with van der Waals surface area (Å²) in [6, 6.07) is 28.1. The van der Waals surface area contributed by atoms with Crippen LogP contribution in [0.4, 0.5) is 0 Å². The van der Waals surface area contributed by atoms with Crippen LogP contribution in [0.15, 0.2) is 111 Å². The van der Waals surface area contributed by atoms with E-state index in [2.05, 4.69) is 39.5 Å². The maximum Gasteiger partial charge on any atom is 0.362 e. The van der Waals surface area contributed by atoms with Gasteiger partial charge in [-0.25, -0.2) is 23.9 Å². The number of carbonyl (C=O) groups excluding carboxylic acids is 3. The van der Waals surface area contributed by atoms with Crippen molar-refractivity contribution >= 4 is 57.7 Å². The molecular formula is C36H42N8O8S2Si. The summed E-state index contributed by atoms with van der Waals surface area (Å²) >= 11 is 0. The van der Waals surface area contributed by atoms with E-state index < -0.39 is 70.2 Å². The summed E-state index contributed by atoms with van der Waals surface area (Å²) in [5.41, 5.74) is 9.01. The molecule has 55 heavy (non-hydrogen) atoms. The quantitative estimate of drug-likeness (QED) is 0.0234. The molecule has 2 N–H and O–H groups in total.